The normalized spacial score (nSPS) is 11.6. The number of hydrogen-bond donors (Lipinski definition) is 2. The van der Waals surface area contributed by atoms with Gasteiger partial charge in [0.15, 0.2) is 10.7 Å². The van der Waals surface area contributed by atoms with Crippen LogP contribution in [0.4, 0.5) is 5.69 Å². The van der Waals surface area contributed by atoms with Gasteiger partial charge < -0.3 is 15.1 Å². The number of carbonyl (C=O) groups excluding carboxylic acids is 1. The summed E-state index contributed by atoms with van der Waals surface area (Å²) in [5.74, 6) is 0.916. The lowest BCUT2D eigenvalue weighted by molar-refractivity contribution is -0.126. The van der Waals surface area contributed by atoms with Crippen molar-refractivity contribution in [1.29, 1.82) is 0 Å². The van der Waals surface area contributed by atoms with E-state index in [-0.39, 0.29) is 11.0 Å². The number of fused-ring (bicyclic) bond motifs is 1. The van der Waals surface area contributed by atoms with Crippen molar-refractivity contribution in [2.45, 2.75) is 40.5 Å². The summed E-state index contributed by atoms with van der Waals surface area (Å²) in [6.45, 7) is 9.83. The molecule has 0 spiro atoms. The van der Waals surface area contributed by atoms with Crippen LogP contribution in [0.5, 0.6) is 0 Å². The second kappa shape index (κ2) is 7.72. The fraction of sp³-hybridized carbons (Fsp3) is 0.318. The molecule has 0 saturated heterocycles. The van der Waals surface area contributed by atoms with Crippen molar-refractivity contribution in [3.8, 4) is 11.5 Å². The number of carbonyl (C=O) groups is 1. The molecule has 1 aromatic heterocycles. The molecule has 0 saturated carbocycles. The van der Waals surface area contributed by atoms with Gasteiger partial charge in [-0.05, 0) is 54.0 Å². The van der Waals surface area contributed by atoms with Gasteiger partial charge in [0.1, 0.15) is 5.52 Å². The maximum atomic E-state index is 12.0. The lowest BCUT2D eigenvalue weighted by atomic mass is 9.96. The van der Waals surface area contributed by atoms with E-state index in [1.807, 2.05) is 51.1 Å². The molecule has 146 valence electrons. The molecule has 0 aliphatic heterocycles. The van der Waals surface area contributed by atoms with Gasteiger partial charge in [0, 0.05) is 16.7 Å². The molecular formula is C22H25N3O2S. The first-order valence-corrected chi connectivity index (χ1v) is 9.67. The van der Waals surface area contributed by atoms with Gasteiger partial charge in [-0.25, -0.2) is 4.98 Å². The highest BCUT2D eigenvalue weighted by atomic mass is 32.1. The van der Waals surface area contributed by atoms with E-state index in [4.69, 9.17) is 16.6 Å². The Morgan fingerprint density at radius 2 is 1.79 bits per heavy atom. The minimum atomic E-state index is -0.512. The number of nitrogens with one attached hydrogen (secondary N) is 2. The number of oxazole rings is 1. The second-order valence-electron chi connectivity index (χ2n) is 8.14. The van der Waals surface area contributed by atoms with Gasteiger partial charge in [-0.2, -0.15) is 0 Å². The fourth-order valence-electron chi connectivity index (χ4n) is 2.59. The van der Waals surface area contributed by atoms with E-state index in [2.05, 4.69) is 41.6 Å². The third kappa shape index (κ3) is 4.57. The van der Waals surface area contributed by atoms with Gasteiger partial charge in [0.2, 0.25) is 11.8 Å². The molecule has 0 aliphatic carbocycles. The van der Waals surface area contributed by atoms with Crippen molar-refractivity contribution in [3.05, 3.63) is 48.0 Å². The molecule has 0 radical (unpaired) electrons. The molecule has 2 N–H and O–H groups in total. The topological polar surface area (TPSA) is 67.2 Å². The maximum absolute atomic E-state index is 12.0. The zero-order chi connectivity index (χ0) is 20.5. The maximum Gasteiger partial charge on any atom is 0.231 e. The number of benzene rings is 2. The smallest absolute Gasteiger partial charge is 0.231 e. The number of nitrogens with zero attached hydrogens (tertiary/aromatic N) is 1. The Bertz CT molecular complexity index is 1010. The summed E-state index contributed by atoms with van der Waals surface area (Å²) >= 11 is 5.23. The molecule has 1 heterocycles. The number of thiocarbonyl (C=S) groups is 1. The lowest BCUT2D eigenvalue weighted by Gasteiger charge is -2.18. The second-order valence-corrected chi connectivity index (χ2v) is 8.54. The Hall–Kier alpha value is -2.73. The van der Waals surface area contributed by atoms with Gasteiger partial charge >= 0.3 is 0 Å². The molecule has 2 aromatic carbocycles. The van der Waals surface area contributed by atoms with Crippen LogP contribution in [-0.2, 0) is 4.79 Å². The Morgan fingerprint density at radius 3 is 2.39 bits per heavy atom. The molecule has 28 heavy (non-hydrogen) atoms. The molecule has 0 fully saturated rings. The molecule has 0 bridgehead atoms. The minimum Gasteiger partial charge on any atom is -0.436 e. The van der Waals surface area contributed by atoms with Crippen molar-refractivity contribution in [2.75, 3.05) is 5.32 Å². The Balaban J connectivity index is 1.77. The predicted octanol–water partition coefficient (Wildman–Crippen LogP) is 5.48. The molecule has 3 rings (SSSR count). The van der Waals surface area contributed by atoms with Crippen LogP contribution in [0.1, 0.15) is 46.1 Å². The SMILES string of the molecule is CC(C)c1ccc(-c2nc3cc(NC(=S)NC(=O)C(C)(C)C)ccc3o2)cc1. The molecule has 5 nitrogen and oxygen atoms in total. The Labute approximate surface area is 170 Å². The lowest BCUT2D eigenvalue weighted by Crippen LogP contribution is -2.41. The van der Waals surface area contributed by atoms with Crippen LogP contribution < -0.4 is 10.6 Å². The molecule has 3 aromatic rings. The summed E-state index contributed by atoms with van der Waals surface area (Å²) in [5, 5.41) is 5.98. The van der Waals surface area contributed by atoms with Crippen LogP contribution in [-0.4, -0.2) is 16.0 Å². The molecule has 0 aliphatic rings. The van der Waals surface area contributed by atoms with Gasteiger partial charge in [0.05, 0.1) is 0 Å². The number of rotatable bonds is 3. The monoisotopic (exact) mass is 395 g/mol. The quantitative estimate of drug-likeness (QED) is 0.575. The van der Waals surface area contributed by atoms with Crippen molar-refractivity contribution < 1.29 is 9.21 Å². The van der Waals surface area contributed by atoms with E-state index in [0.717, 1.165) is 16.8 Å². The van der Waals surface area contributed by atoms with Gasteiger partial charge in [-0.15, -0.1) is 0 Å². The number of aromatic nitrogens is 1. The van der Waals surface area contributed by atoms with Crippen molar-refractivity contribution in [3.63, 3.8) is 0 Å². The molecule has 1 amide bonds. The summed E-state index contributed by atoms with van der Waals surface area (Å²) in [7, 11) is 0. The van der Waals surface area contributed by atoms with Crippen LogP contribution in [0.3, 0.4) is 0 Å². The van der Waals surface area contributed by atoms with E-state index in [0.29, 0.717) is 17.4 Å². The molecular weight excluding hydrogens is 370 g/mol. The van der Waals surface area contributed by atoms with Crippen LogP contribution in [0.2, 0.25) is 0 Å². The van der Waals surface area contributed by atoms with Crippen molar-refractivity contribution >= 4 is 40.0 Å². The van der Waals surface area contributed by atoms with Crippen LogP contribution in [0.15, 0.2) is 46.9 Å². The molecule has 6 heteroatoms. The first-order chi connectivity index (χ1) is 13.1. The van der Waals surface area contributed by atoms with Crippen molar-refractivity contribution in [2.24, 2.45) is 5.41 Å². The minimum absolute atomic E-state index is 0.139. The summed E-state index contributed by atoms with van der Waals surface area (Å²) in [6, 6.07) is 13.8. The Kier molecular flexibility index (Phi) is 5.52. The average molecular weight is 396 g/mol. The molecule has 0 unspecified atom stereocenters. The third-order valence-electron chi connectivity index (χ3n) is 4.38. The summed E-state index contributed by atoms with van der Waals surface area (Å²) < 4.78 is 5.88. The van der Waals surface area contributed by atoms with Gasteiger partial charge in [0.25, 0.3) is 0 Å². The highest BCUT2D eigenvalue weighted by molar-refractivity contribution is 7.80. The Morgan fingerprint density at radius 1 is 1.11 bits per heavy atom. The first-order valence-electron chi connectivity index (χ1n) is 9.27. The predicted molar refractivity (Wildman–Crippen MR) is 117 cm³/mol. The highest BCUT2D eigenvalue weighted by Crippen LogP contribution is 2.27. The van der Waals surface area contributed by atoms with E-state index >= 15 is 0 Å². The average Bonchev–Trinajstić information content (AvgIpc) is 3.04. The van der Waals surface area contributed by atoms with Crippen LogP contribution in [0.25, 0.3) is 22.6 Å². The van der Waals surface area contributed by atoms with E-state index in [1.54, 1.807) is 0 Å². The zero-order valence-corrected chi connectivity index (χ0v) is 17.6. The summed E-state index contributed by atoms with van der Waals surface area (Å²) in [4.78, 5) is 16.6. The fourth-order valence-corrected chi connectivity index (χ4v) is 2.80. The molecule has 0 atom stereocenters. The van der Waals surface area contributed by atoms with E-state index in [1.165, 1.54) is 5.56 Å². The number of anilines is 1. The largest absolute Gasteiger partial charge is 0.436 e. The first kappa shape index (κ1) is 20.0. The third-order valence-corrected chi connectivity index (χ3v) is 4.58. The van der Waals surface area contributed by atoms with Crippen LogP contribution >= 0.6 is 12.2 Å². The zero-order valence-electron chi connectivity index (χ0n) is 16.8. The summed E-state index contributed by atoms with van der Waals surface area (Å²) in [5.41, 5.74) is 3.85. The van der Waals surface area contributed by atoms with Crippen molar-refractivity contribution in [1.82, 2.24) is 10.3 Å². The number of amides is 1. The van der Waals surface area contributed by atoms with E-state index in [9.17, 15) is 4.79 Å². The van der Waals surface area contributed by atoms with Gasteiger partial charge in [-0.3, -0.25) is 4.79 Å². The number of hydrogen-bond acceptors (Lipinski definition) is 4. The highest BCUT2D eigenvalue weighted by Gasteiger charge is 2.22. The van der Waals surface area contributed by atoms with E-state index < -0.39 is 5.41 Å². The summed E-state index contributed by atoms with van der Waals surface area (Å²) in [6.07, 6.45) is 0. The van der Waals surface area contributed by atoms with Crippen LogP contribution in [0, 0.1) is 5.41 Å². The van der Waals surface area contributed by atoms with Gasteiger partial charge in [-0.1, -0.05) is 46.8 Å². The standard InChI is InChI=1S/C22H25N3O2S/c1-13(2)14-6-8-15(9-7-14)19-24-17-12-16(10-11-18(17)27-19)23-21(28)25-20(26)22(3,4)5/h6-13H,1-5H3,(H2,23,25,26,28).